The zero-order valence-corrected chi connectivity index (χ0v) is 17.6. The zero-order valence-electron chi connectivity index (χ0n) is 17.6. The van der Waals surface area contributed by atoms with Crippen LogP contribution >= 0.6 is 0 Å². The lowest BCUT2D eigenvalue weighted by atomic mass is 9.88. The van der Waals surface area contributed by atoms with Gasteiger partial charge in [0, 0.05) is 43.4 Å². The van der Waals surface area contributed by atoms with Crippen molar-refractivity contribution in [2.24, 2.45) is 5.92 Å². The Bertz CT molecular complexity index is 919. The average molecular weight is 408 g/mol. The third-order valence-electron chi connectivity index (χ3n) is 5.51. The lowest BCUT2D eigenvalue weighted by Crippen LogP contribution is -2.24. The first-order valence-corrected chi connectivity index (χ1v) is 10.5. The van der Waals surface area contributed by atoms with Gasteiger partial charge in [-0.2, -0.15) is 0 Å². The summed E-state index contributed by atoms with van der Waals surface area (Å²) in [5, 5.41) is 5.85. The van der Waals surface area contributed by atoms with E-state index in [0.29, 0.717) is 23.5 Å². The molecule has 2 aromatic carbocycles. The first kappa shape index (κ1) is 21.6. The minimum atomic E-state index is -0.249. The van der Waals surface area contributed by atoms with Crippen LogP contribution in [0.3, 0.4) is 0 Å². The summed E-state index contributed by atoms with van der Waals surface area (Å²) in [7, 11) is 1.74. The molecule has 0 unspecified atom stereocenters. The van der Waals surface area contributed by atoms with Gasteiger partial charge in [0.05, 0.1) is 0 Å². The highest BCUT2D eigenvalue weighted by molar-refractivity contribution is 6.05. The van der Waals surface area contributed by atoms with Crippen molar-refractivity contribution in [1.29, 1.82) is 0 Å². The second-order valence-corrected chi connectivity index (χ2v) is 7.93. The Morgan fingerprint density at radius 2 is 1.60 bits per heavy atom. The molecule has 0 heterocycles. The van der Waals surface area contributed by atoms with Crippen LogP contribution in [0.5, 0.6) is 0 Å². The van der Waals surface area contributed by atoms with E-state index in [0.717, 1.165) is 31.2 Å². The maximum atomic E-state index is 12.7. The highest BCUT2D eigenvalue weighted by Crippen LogP contribution is 2.25. The van der Waals surface area contributed by atoms with Crippen LogP contribution in [0.4, 0.5) is 11.4 Å². The highest BCUT2D eigenvalue weighted by Gasteiger charge is 2.21. The number of nitrogens with zero attached hydrogens (tertiary/aromatic N) is 1. The molecule has 1 aliphatic rings. The number of hydrogen-bond acceptors (Lipinski definition) is 3. The van der Waals surface area contributed by atoms with E-state index in [1.807, 2.05) is 24.3 Å². The summed E-state index contributed by atoms with van der Waals surface area (Å²) in [6.45, 7) is 1.99. The van der Waals surface area contributed by atoms with Crippen molar-refractivity contribution in [3.05, 3.63) is 59.7 Å². The van der Waals surface area contributed by atoms with Crippen LogP contribution in [0.15, 0.2) is 48.5 Å². The first-order chi connectivity index (χ1) is 14.4. The summed E-state index contributed by atoms with van der Waals surface area (Å²) < 4.78 is 0. The van der Waals surface area contributed by atoms with E-state index in [1.54, 1.807) is 36.2 Å². The summed E-state index contributed by atoms with van der Waals surface area (Å²) in [6, 6.07) is 14.4. The molecular weight excluding hydrogens is 378 g/mol. The van der Waals surface area contributed by atoms with Crippen molar-refractivity contribution in [3.8, 4) is 0 Å². The molecule has 1 fully saturated rings. The van der Waals surface area contributed by atoms with Gasteiger partial charge in [0.15, 0.2) is 0 Å². The number of benzene rings is 2. The fourth-order valence-corrected chi connectivity index (χ4v) is 3.68. The molecule has 1 saturated carbocycles. The first-order valence-electron chi connectivity index (χ1n) is 10.5. The molecule has 2 N–H and O–H groups in total. The van der Waals surface area contributed by atoms with Crippen molar-refractivity contribution in [2.75, 3.05) is 17.7 Å². The predicted molar refractivity (Wildman–Crippen MR) is 118 cm³/mol. The van der Waals surface area contributed by atoms with Gasteiger partial charge >= 0.3 is 0 Å². The maximum absolute atomic E-state index is 12.7. The van der Waals surface area contributed by atoms with Crippen molar-refractivity contribution >= 4 is 29.1 Å². The normalized spacial score (nSPS) is 14.1. The van der Waals surface area contributed by atoms with E-state index < -0.39 is 0 Å². The van der Waals surface area contributed by atoms with Gasteiger partial charge in [-0.15, -0.1) is 0 Å². The Balaban J connectivity index is 1.64. The Kier molecular flexibility index (Phi) is 7.22. The lowest BCUT2D eigenvalue weighted by Gasteiger charge is -2.20. The zero-order chi connectivity index (χ0) is 21.5. The Labute approximate surface area is 177 Å². The summed E-state index contributed by atoms with van der Waals surface area (Å²) >= 11 is 0. The predicted octanol–water partition coefficient (Wildman–Crippen LogP) is 4.44. The molecular formula is C24H29N3O3. The van der Waals surface area contributed by atoms with Crippen LogP contribution in [0, 0.1) is 5.92 Å². The van der Waals surface area contributed by atoms with Crippen molar-refractivity contribution < 1.29 is 14.4 Å². The number of rotatable bonds is 6. The molecule has 3 amide bonds. The van der Waals surface area contributed by atoms with Crippen LogP contribution in [0.2, 0.25) is 0 Å². The van der Waals surface area contributed by atoms with Crippen LogP contribution in [-0.2, 0) is 16.1 Å². The van der Waals surface area contributed by atoms with Crippen molar-refractivity contribution in [1.82, 2.24) is 4.90 Å². The number of carbonyl (C=O) groups excluding carboxylic acids is 3. The van der Waals surface area contributed by atoms with Gasteiger partial charge in [-0.05, 0) is 48.7 Å². The Morgan fingerprint density at radius 1 is 0.933 bits per heavy atom. The lowest BCUT2D eigenvalue weighted by molar-refractivity contribution is -0.128. The number of amides is 3. The number of nitrogens with one attached hydrogen (secondary N) is 2. The molecule has 30 heavy (non-hydrogen) atoms. The van der Waals surface area contributed by atoms with Crippen LogP contribution in [0.25, 0.3) is 0 Å². The molecule has 0 atom stereocenters. The molecule has 6 heteroatoms. The molecule has 0 bridgehead atoms. The fourth-order valence-electron chi connectivity index (χ4n) is 3.68. The molecule has 0 aromatic heterocycles. The van der Waals surface area contributed by atoms with Crippen LogP contribution < -0.4 is 10.6 Å². The number of hydrogen-bond donors (Lipinski definition) is 2. The summed E-state index contributed by atoms with van der Waals surface area (Å²) in [5.74, 6) is -0.168. The van der Waals surface area contributed by atoms with E-state index in [2.05, 4.69) is 10.6 Å². The van der Waals surface area contributed by atoms with Gasteiger partial charge < -0.3 is 15.5 Å². The Morgan fingerprint density at radius 3 is 2.30 bits per heavy atom. The summed E-state index contributed by atoms with van der Waals surface area (Å²) in [6.07, 6.45) is 5.26. The summed E-state index contributed by atoms with van der Waals surface area (Å²) in [4.78, 5) is 38.2. The van der Waals surface area contributed by atoms with Gasteiger partial charge in [0.25, 0.3) is 5.91 Å². The quantitative estimate of drug-likeness (QED) is 0.743. The molecule has 6 nitrogen and oxygen atoms in total. The average Bonchev–Trinajstić information content (AvgIpc) is 2.74. The third kappa shape index (κ3) is 5.92. The second kappa shape index (κ2) is 10.1. The SMILES string of the molecule is CC(=O)N(C)Cc1cccc(NC(=O)c2cccc(NC(=O)C3CCCCC3)c2)c1. The van der Waals surface area contributed by atoms with Crippen molar-refractivity contribution in [2.45, 2.75) is 45.6 Å². The third-order valence-corrected chi connectivity index (χ3v) is 5.51. The van der Waals surface area contributed by atoms with Gasteiger partial charge in [0.2, 0.25) is 11.8 Å². The van der Waals surface area contributed by atoms with Crippen molar-refractivity contribution in [3.63, 3.8) is 0 Å². The highest BCUT2D eigenvalue weighted by atomic mass is 16.2. The topological polar surface area (TPSA) is 78.5 Å². The molecule has 0 saturated heterocycles. The molecule has 1 aliphatic carbocycles. The van der Waals surface area contributed by atoms with E-state index >= 15 is 0 Å². The van der Waals surface area contributed by atoms with E-state index in [-0.39, 0.29) is 23.6 Å². The molecule has 3 rings (SSSR count). The van der Waals surface area contributed by atoms with Gasteiger partial charge in [-0.25, -0.2) is 0 Å². The molecule has 2 aromatic rings. The van der Waals surface area contributed by atoms with Crippen LogP contribution in [0.1, 0.15) is 54.9 Å². The standard InChI is InChI=1S/C24H29N3O3/c1-17(28)27(2)16-18-8-6-12-21(14-18)25-24(30)20-11-7-13-22(15-20)26-23(29)19-9-4-3-5-10-19/h6-8,11-15,19H,3-5,9-10,16H2,1-2H3,(H,25,30)(H,26,29). The molecule has 158 valence electrons. The molecule has 0 aliphatic heterocycles. The largest absolute Gasteiger partial charge is 0.342 e. The monoisotopic (exact) mass is 407 g/mol. The fraction of sp³-hybridized carbons (Fsp3) is 0.375. The van der Waals surface area contributed by atoms with Gasteiger partial charge in [-0.1, -0.05) is 37.5 Å². The van der Waals surface area contributed by atoms with Gasteiger partial charge in [0.1, 0.15) is 0 Å². The van der Waals surface area contributed by atoms with Gasteiger partial charge in [-0.3, -0.25) is 14.4 Å². The summed E-state index contributed by atoms with van der Waals surface area (Å²) in [5.41, 5.74) is 2.70. The molecule has 0 spiro atoms. The minimum absolute atomic E-state index is 0.0171. The van der Waals surface area contributed by atoms with E-state index in [9.17, 15) is 14.4 Å². The number of anilines is 2. The minimum Gasteiger partial charge on any atom is -0.342 e. The van der Waals surface area contributed by atoms with Crippen LogP contribution in [-0.4, -0.2) is 29.7 Å². The molecule has 0 radical (unpaired) electrons. The van der Waals surface area contributed by atoms with E-state index in [1.165, 1.54) is 13.3 Å². The second-order valence-electron chi connectivity index (χ2n) is 7.93. The smallest absolute Gasteiger partial charge is 0.255 e. The number of carbonyl (C=O) groups is 3. The maximum Gasteiger partial charge on any atom is 0.255 e. The van der Waals surface area contributed by atoms with E-state index in [4.69, 9.17) is 0 Å². The Hall–Kier alpha value is -3.15.